The van der Waals surface area contributed by atoms with Gasteiger partial charge in [-0.25, -0.2) is 13.2 Å². The molecule has 0 spiro atoms. The van der Waals surface area contributed by atoms with Crippen molar-refractivity contribution in [2.75, 3.05) is 11.9 Å². The number of carbonyl (C=O) groups is 1. The Morgan fingerprint density at radius 2 is 1.84 bits per heavy atom. The summed E-state index contributed by atoms with van der Waals surface area (Å²) >= 11 is 0. The lowest BCUT2D eigenvalue weighted by molar-refractivity contribution is -0.118. The van der Waals surface area contributed by atoms with Crippen LogP contribution in [-0.4, -0.2) is 31.5 Å². The minimum atomic E-state index is -4.05. The molecule has 0 unspecified atom stereocenters. The van der Waals surface area contributed by atoms with Gasteiger partial charge in [-0.15, -0.1) is 0 Å². The molecule has 1 atom stereocenters. The summed E-state index contributed by atoms with van der Waals surface area (Å²) in [5.74, 6) is -0.734. The fraction of sp³-hybridized carbons (Fsp3) is 0.333. The minimum absolute atomic E-state index is 0.103. The monoisotopic (exact) mass is 447 g/mol. The van der Waals surface area contributed by atoms with Crippen molar-refractivity contribution in [2.45, 2.75) is 31.7 Å². The number of amides is 1. The van der Waals surface area contributed by atoms with Crippen molar-refractivity contribution in [1.29, 1.82) is 0 Å². The lowest BCUT2D eigenvalue weighted by Gasteiger charge is -2.21. The van der Waals surface area contributed by atoms with Crippen LogP contribution in [0, 0.1) is 5.92 Å². The number of aryl methyl sites for hydroxylation is 1. The van der Waals surface area contributed by atoms with Crippen LogP contribution in [0.5, 0.6) is 5.75 Å². The third-order valence-corrected chi connectivity index (χ3v) is 6.18. The van der Waals surface area contributed by atoms with E-state index in [1.807, 2.05) is 6.92 Å². The molecule has 1 aromatic heterocycles. The molecule has 10 heteroatoms. The number of aromatic nitrogens is 1. The lowest BCUT2D eigenvalue weighted by Crippen LogP contribution is -2.47. The van der Waals surface area contributed by atoms with E-state index in [1.54, 1.807) is 38.1 Å². The van der Waals surface area contributed by atoms with Gasteiger partial charge in [-0.2, -0.15) is 4.72 Å². The highest BCUT2D eigenvalue weighted by molar-refractivity contribution is 7.89. The van der Waals surface area contributed by atoms with Gasteiger partial charge in [-0.05, 0) is 49.2 Å². The van der Waals surface area contributed by atoms with Gasteiger partial charge in [0.1, 0.15) is 11.8 Å². The molecule has 3 aromatic rings. The minimum Gasteiger partial charge on any atom is -0.494 e. The van der Waals surface area contributed by atoms with Crippen LogP contribution in [0.15, 0.2) is 56.6 Å². The summed E-state index contributed by atoms with van der Waals surface area (Å²) < 4.78 is 40.0. The van der Waals surface area contributed by atoms with Gasteiger partial charge >= 0.3 is 5.76 Å². The summed E-state index contributed by atoms with van der Waals surface area (Å²) in [5, 5.41) is 2.72. The molecular weight excluding hydrogens is 422 g/mol. The number of hydrogen-bond donors (Lipinski definition) is 2. The molecule has 31 heavy (non-hydrogen) atoms. The van der Waals surface area contributed by atoms with Crippen LogP contribution < -0.4 is 20.5 Å². The molecule has 0 aliphatic rings. The van der Waals surface area contributed by atoms with Crippen molar-refractivity contribution >= 4 is 32.7 Å². The van der Waals surface area contributed by atoms with Crippen LogP contribution in [0.3, 0.4) is 0 Å². The zero-order valence-electron chi connectivity index (χ0n) is 17.7. The Kier molecular flexibility index (Phi) is 6.51. The molecule has 166 valence electrons. The predicted molar refractivity (Wildman–Crippen MR) is 117 cm³/mol. The molecule has 0 aliphatic heterocycles. The molecule has 2 aromatic carbocycles. The first-order valence-electron chi connectivity index (χ1n) is 9.78. The van der Waals surface area contributed by atoms with Crippen LogP contribution >= 0.6 is 0 Å². The normalized spacial score (nSPS) is 12.8. The molecule has 9 nitrogen and oxygen atoms in total. The SMILES string of the molecule is CCOc1ccc(NC(=O)[C@H](NS(=O)(=O)c2ccc3c(c2)oc(=O)n3C)C(C)C)cc1. The summed E-state index contributed by atoms with van der Waals surface area (Å²) in [5.41, 5.74) is 1.14. The Morgan fingerprint density at radius 3 is 2.45 bits per heavy atom. The Balaban J connectivity index is 1.81. The largest absolute Gasteiger partial charge is 0.494 e. The number of nitrogens with zero attached hydrogens (tertiary/aromatic N) is 1. The number of anilines is 1. The molecule has 0 saturated carbocycles. The summed E-state index contributed by atoms with van der Waals surface area (Å²) in [6, 6.07) is 9.89. The molecular formula is C21H25N3O6S. The summed E-state index contributed by atoms with van der Waals surface area (Å²) in [6.07, 6.45) is 0. The lowest BCUT2D eigenvalue weighted by atomic mass is 10.0. The zero-order chi connectivity index (χ0) is 22.8. The third kappa shape index (κ3) is 4.97. The number of rotatable bonds is 8. The zero-order valence-corrected chi connectivity index (χ0v) is 18.5. The molecule has 1 amide bonds. The van der Waals surface area contributed by atoms with Crippen LogP contribution in [0.25, 0.3) is 11.1 Å². The van der Waals surface area contributed by atoms with Crippen molar-refractivity contribution in [3.63, 3.8) is 0 Å². The second-order valence-corrected chi connectivity index (χ2v) is 9.06. The fourth-order valence-electron chi connectivity index (χ4n) is 3.03. The number of ether oxygens (including phenoxy) is 1. The van der Waals surface area contributed by atoms with Gasteiger partial charge in [0.25, 0.3) is 0 Å². The van der Waals surface area contributed by atoms with Gasteiger partial charge in [-0.3, -0.25) is 9.36 Å². The van der Waals surface area contributed by atoms with Gasteiger partial charge in [0.05, 0.1) is 17.0 Å². The first-order valence-corrected chi connectivity index (χ1v) is 11.3. The first kappa shape index (κ1) is 22.6. The van der Waals surface area contributed by atoms with E-state index in [2.05, 4.69) is 10.0 Å². The van der Waals surface area contributed by atoms with E-state index in [1.165, 1.54) is 29.8 Å². The average Bonchev–Trinajstić information content (AvgIpc) is 3.01. The number of oxazole rings is 1. The Morgan fingerprint density at radius 1 is 1.16 bits per heavy atom. The molecule has 2 N–H and O–H groups in total. The second-order valence-electron chi connectivity index (χ2n) is 7.35. The van der Waals surface area contributed by atoms with Crippen molar-refractivity contribution in [3.8, 4) is 5.75 Å². The second kappa shape index (κ2) is 8.94. The average molecular weight is 448 g/mol. The van der Waals surface area contributed by atoms with Crippen molar-refractivity contribution in [3.05, 3.63) is 53.0 Å². The number of hydrogen-bond acceptors (Lipinski definition) is 6. The Bertz CT molecular complexity index is 1240. The van der Waals surface area contributed by atoms with E-state index in [9.17, 15) is 18.0 Å². The maximum atomic E-state index is 12.9. The predicted octanol–water partition coefficient (Wildman–Crippen LogP) is 2.47. The molecule has 0 radical (unpaired) electrons. The number of carbonyl (C=O) groups excluding carboxylic acids is 1. The molecule has 0 saturated heterocycles. The van der Waals surface area contributed by atoms with E-state index >= 15 is 0 Å². The first-order chi connectivity index (χ1) is 14.6. The Hall–Kier alpha value is -3.11. The maximum Gasteiger partial charge on any atom is 0.419 e. The van der Waals surface area contributed by atoms with Crippen LogP contribution in [0.4, 0.5) is 5.69 Å². The number of nitrogens with one attached hydrogen (secondary N) is 2. The third-order valence-electron chi connectivity index (χ3n) is 4.74. The quantitative estimate of drug-likeness (QED) is 0.547. The van der Waals surface area contributed by atoms with Crippen LogP contribution in [-0.2, 0) is 21.9 Å². The van der Waals surface area contributed by atoms with Gasteiger partial charge < -0.3 is 14.5 Å². The van der Waals surface area contributed by atoms with Gasteiger partial charge in [0, 0.05) is 18.8 Å². The molecule has 0 bridgehead atoms. The fourth-order valence-corrected chi connectivity index (χ4v) is 4.39. The molecule has 1 heterocycles. The standard InChI is InChI=1S/C21H25N3O6S/c1-5-29-15-8-6-14(7-9-15)22-20(25)19(13(2)3)23-31(27,28)16-10-11-17-18(12-16)30-21(26)24(17)4/h6-13,19,23H,5H2,1-4H3,(H,22,25)/t19-/m1/s1. The number of benzene rings is 2. The number of fused-ring (bicyclic) bond motifs is 1. The summed E-state index contributed by atoms with van der Waals surface area (Å²) in [7, 11) is -2.52. The van der Waals surface area contributed by atoms with Crippen LogP contribution in [0.1, 0.15) is 20.8 Å². The van der Waals surface area contributed by atoms with Crippen LogP contribution in [0.2, 0.25) is 0 Å². The molecule has 0 aliphatic carbocycles. The molecule has 3 rings (SSSR count). The topological polar surface area (TPSA) is 120 Å². The Labute approximate surface area is 180 Å². The maximum absolute atomic E-state index is 12.9. The van der Waals surface area contributed by atoms with Gasteiger partial charge in [0.15, 0.2) is 5.58 Å². The van der Waals surface area contributed by atoms with Gasteiger partial charge in [-0.1, -0.05) is 13.8 Å². The highest BCUT2D eigenvalue weighted by Gasteiger charge is 2.29. The summed E-state index contributed by atoms with van der Waals surface area (Å²) in [4.78, 5) is 24.4. The smallest absolute Gasteiger partial charge is 0.419 e. The highest BCUT2D eigenvalue weighted by Crippen LogP contribution is 2.20. The molecule has 0 fully saturated rings. The van der Waals surface area contributed by atoms with E-state index < -0.39 is 27.7 Å². The number of sulfonamides is 1. The van der Waals surface area contributed by atoms with E-state index in [0.717, 1.165) is 0 Å². The van der Waals surface area contributed by atoms with Crippen molar-refractivity contribution in [1.82, 2.24) is 9.29 Å². The van der Waals surface area contributed by atoms with Crippen molar-refractivity contribution < 1.29 is 22.4 Å². The van der Waals surface area contributed by atoms with E-state index in [0.29, 0.717) is 23.6 Å². The van der Waals surface area contributed by atoms with Gasteiger partial charge in [0.2, 0.25) is 15.9 Å². The van der Waals surface area contributed by atoms with E-state index in [4.69, 9.17) is 9.15 Å². The van der Waals surface area contributed by atoms with E-state index in [-0.39, 0.29) is 16.4 Å². The van der Waals surface area contributed by atoms with Crippen molar-refractivity contribution in [2.24, 2.45) is 13.0 Å². The highest BCUT2D eigenvalue weighted by atomic mass is 32.2. The summed E-state index contributed by atoms with van der Waals surface area (Å²) in [6.45, 7) is 5.88.